The molecule has 0 aliphatic heterocycles. The number of methoxy groups -OCH3 is 2. The molecule has 0 aliphatic rings. The Morgan fingerprint density at radius 3 is 2.00 bits per heavy atom. The van der Waals surface area contributed by atoms with Crippen LogP contribution in [0.2, 0.25) is 0 Å². The molecule has 1 aromatic carbocycles. The maximum absolute atomic E-state index is 5.76. The maximum atomic E-state index is 5.76. The molecular weight excluding hydrogens is 266 g/mol. The Morgan fingerprint density at radius 1 is 1.11 bits per heavy atom. The number of halogens is 1. The summed E-state index contributed by atoms with van der Waals surface area (Å²) in [5.74, 6) is 2.49. The zero-order valence-corrected chi connectivity index (χ0v) is 12.9. The lowest BCUT2D eigenvalue weighted by Gasteiger charge is -2.17. The number of hydrogen-bond donors (Lipinski definition) is 1. The normalized spacial score (nSPS) is 10.0. The van der Waals surface area contributed by atoms with Crippen LogP contribution in [0.25, 0.3) is 0 Å². The van der Waals surface area contributed by atoms with Gasteiger partial charge < -0.3 is 19.9 Å². The minimum atomic E-state index is 0. The monoisotopic (exact) mass is 289 g/mol. The summed E-state index contributed by atoms with van der Waals surface area (Å²) in [6, 6.07) is 3.90. The highest BCUT2D eigenvalue weighted by Crippen LogP contribution is 2.38. The summed E-state index contributed by atoms with van der Waals surface area (Å²) in [7, 11) is 3.26. The van der Waals surface area contributed by atoms with Crippen LogP contribution in [0.5, 0.6) is 17.2 Å². The van der Waals surface area contributed by atoms with E-state index in [1.165, 1.54) is 0 Å². The molecule has 0 fully saturated rings. The summed E-state index contributed by atoms with van der Waals surface area (Å²) in [6.45, 7) is 5.42. The van der Waals surface area contributed by atoms with Gasteiger partial charge in [0.2, 0.25) is 5.75 Å². The lowest BCUT2D eigenvalue weighted by atomic mass is 10.1. The second-order valence-electron chi connectivity index (χ2n) is 4.57. The van der Waals surface area contributed by atoms with Crippen molar-refractivity contribution in [2.45, 2.75) is 20.3 Å². The molecule has 2 N–H and O–H groups in total. The second kappa shape index (κ2) is 8.88. The quantitative estimate of drug-likeness (QED) is 0.838. The fourth-order valence-electron chi connectivity index (χ4n) is 1.64. The largest absolute Gasteiger partial charge is 0.493 e. The van der Waals surface area contributed by atoms with Crippen molar-refractivity contribution in [3.63, 3.8) is 0 Å². The van der Waals surface area contributed by atoms with Gasteiger partial charge in [0.25, 0.3) is 0 Å². The topological polar surface area (TPSA) is 53.7 Å². The number of benzene rings is 1. The Labute approximate surface area is 121 Å². The number of nitrogens with two attached hydrogens (primary N) is 1. The van der Waals surface area contributed by atoms with Gasteiger partial charge in [-0.1, -0.05) is 13.8 Å². The Hall–Kier alpha value is -1.13. The van der Waals surface area contributed by atoms with Crippen LogP contribution in [0.1, 0.15) is 19.4 Å². The molecule has 0 spiro atoms. The standard InChI is InChI=1S/C14H23NO3.ClH/c1-10(2)9-18-14-12(16-3)7-11(5-6-15)8-13(14)17-4;/h7-8,10H,5-6,9,15H2,1-4H3;1H. The average molecular weight is 290 g/mol. The van der Waals surface area contributed by atoms with Gasteiger partial charge in [0, 0.05) is 0 Å². The van der Waals surface area contributed by atoms with E-state index >= 15 is 0 Å². The minimum absolute atomic E-state index is 0. The molecule has 0 heterocycles. The number of rotatable bonds is 7. The second-order valence-corrected chi connectivity index (χ2v) is 4.57. The summed E-state index contributed by atoms with van der Waals surface area (Å²) >= 11 is 0. The highest BCUT2D eigenvalue weighted by molar-refractivity contribution is 5.85. The predicted octanol–water partition coefficient (Wildman–Crippen LogP) is 2.66. The molecule has 0 saturated carbocycles. The van der Waals surface area contributed by atoms with Gasteiger partial charge in [0.15, 0.2) is 11.5 Å². The fourth-order valence-corrected chi connectivity index (χ4v) is 1.64. The Morgan fingerprint density at radius 2 is 1.63 bits per heavy atom. The summed E-state index contributed by atoms with van der Waals surface area (Å²) in [5, 5.41) is 0. The Balaban J connectivity index is 0.00000324. The SMILES string of the molecule is COc1cc(CCN)cc(OC)c1OCC(C)C.Cl. The van der Waals surface area contributed by atoms with Crippen LogP contribution in [-0.4, -0.2) is 27.4 Å². The minimum Gasteiger partial charge on any atom is -0.493 e. The highest BCUT2D eigenvalue weighted by atomic mass is 35.5. The van der Waals surface area contributed by atoms with E-state index < -0.39 is 0 Å². The molecule has 4 nitrogen and oxygen atoms in total. The summed E-state index contributed by atoms with van der Waals surface area (Å²) in [5.41, 5.74) is 6.65. The van der Waals surface area contributed by atoms with Gasteiger partial charge in [-0.05, 0) is 36.6 Å². The molecule has 110 valence electrons. The summed E-state index contributed by atoms with van der Waals surface area (Å²) in [6.07, 6.45) is 0.789. The van der Waals surface area contributed by atoms with Crippen molar-refractivity contribution in [1.29, 1.82) is 0 Å². The van der Waals surface area contributed by atoms with E-state index in [1.54, 1.807) is 14.2 Å². The third-order valence-electron chi connectivity index (χ3n) is 2.51. The molecule has 0 aliphatic carbocycles. The molecule has 19 heavy (non-hydrogen) atoms. The van der Waals surface area contributed by atoms with Crippen molar-refractivity contribution in [3.05, 3.63) is 17.7 Å². The Bertz CT molecular complexity index is 358. The van der Waals surface area contributed by atoms with Crippen molar-refractivity contribution >= 4 is 12.4 Å². The summed E-state index contributed by atoms with van der Waals surface area (Å²) in [4.78, 5) is 0. The van der Waals surface area contributed by atoms with Crippen LogP contribution in [0, 0.1) is 5.92 Å². The van der Waals surface area contributed by atoms with E-state index in [1.807, 2.05) is 12.1 Å². The van der Waals surface area contributed by atoms with Gasteiger partial charge in [-0.2, -0.15) is 0 Å². The molecule has 0 amide bonds. The molecule has 0 bridgehead atoms. The maximum Gasteiger partial charge on any atom is 0.203 e. The van der Waals surface area contributed by atoms with E-state index in [0.29, 0.717) is 36.3 Å². The molecule has 0 unspecified atom stereocenters. The van der Waals surface area contributed by atoms with Crippen LogP contribution >= 0.6 is 12.4 Å². The van der Waals surface area contributed by atoms with Gasteiger partial charge >= 0.3 is 0 Å². The Kier molecular flexibility index (Phi) is 8.35. The van der Waals surface area contributed by atoms with Gasteiger partial charge in [-0.25, -0.2) is 0 Å². The van der Waals surface area contributed by atoms with Crippen molar-refractivity contribution < 1.29 is 14.2 Å². The van der Waals surface area contributed by atoms with Crippen molar-refractivity contribution in [2.75, 3.05) is 27.4 Å². The van der Waals surface area contributed by atoms with E-state index in [9.17, 15) is 0 Å². The molecule has 1 aromatic rings. The molecule has 0 atom stereocenters. The van der Waals surface area contributed by atoms with Gasteiger partial charge in [-0.15, -0.1) is 12.4 Å². The first-order valence-electron chi connectivity index (χ1n) is 6.20. The first-order chi connectivity index (χ1) is 8.62. The van der Waals surface area contributed by atoms with E-state index in [0.717, 1.165) is 12.0 Å². The third-order valence-corrected chi connectivity index (χ3v) is 2.51. The van der Waals surface area contributed by atoms with Crippen LogP contribution in [-0.2, 0) is 6.42 Å². The zero-order chi connectivity index (χ0) is 13.5. The van der Waals surface area contributed by atoms with Gasteiger partial charge in [0.1, 0.15) is 0 Å². The van der Waals surface area contributed by atoms with E-state index in [4.69, 9.17) is 19.9 Å². The molecular formula is C14H24ClNO3. The predicted molar refractivity (Wildman–Crippen MR) is 79.9 cm³/mol. The number of ether oxygens (including phenoxy) is 3. The molecule has 5 heteroatoms. The zero-order valence-electron chi connectivity index (χ0n) is 12.1. The highest BCUT2D eigenvalue weighted by Gasteiger charge is 2.14. The first-order valence-corrected chi connectivity index (χ1v) is 6.20. The van der Waals surface area contributed by atoms with Crippen LogP contribution in [0.3, 0.4) is 0 Å². The first kappa shape index (κ1) is 17.9. The van der Waals surface area contributed by atoms with Gasteiger partial charge in [0.05, 0.1) is 20.8 Å². The van der Waals surface area contributed by atoms with Crippen LogP contribution in [0.4, 0.5) is 0 Å². The van der Waals surface area contributed by atoms with Crippen molar-refractivity contribution in [2.24, 2.45) is 11.7 Å². The number of hydrogen-bond acceptors (Lipinski definition) is 4. The van der Waals surface area contributed by atoms with E-state index in [-0.39, 0.29) is 12.4 Å². The molecule has 0 radical (unpaired) electrons. The lowest BCUT2D eigenvalue weighted by molar-refractivity contribution is 0.243. The smallest absolute Gasteiger partial charge is 0.203 e. The fraction of sp³-hybridized carbons (Fsp3) is 0.571. The summed E-state index contributed by atoms with van der Waals surface area (Å²) < 4.78 is 16.5. The van der Waals surface area contributed by atoms with Crippen LogP contribution < -0.4 is 19.9 Å². The molecule has 0 aromatic heterocycles. The molecule has 1 rings (SSSR count). The van der Waals surface area contributed by atoms with Crippen LogP contribution in [0.15, 0.2) is 12.1 Å². The van der Waals surface area contributed by atoms with E-state index in [2.05, 4.69) is 13.8 Å². The van der Waals surface area contributed by atoms with Gasteiger partial charge in [-0.3, -0.25) is 0 Å². The van der Waals surface area contributed by atoms with Crippen molar-refractivity contribution in [3.8, 4) is 17.2 Å². The average Bonchev–Trinajstić information content (AvgIpc) is 2.36. The lowest BCUT2D eigenvalue weighted by Crippen LogP contribution is -2.08. The van der Waals surface area contributed by atoms with Crippen molar-refractivity contribution in [1.82, 2.24) is 0 Å². The third kappa shape index (κ3) is 5.17. The molecule has 0 saturated heterocycles.